The highest BCUT2D eigenvalue weighted by molar-refractivity contribution is 5.92. The molecular formula is C72H108N4O38. The molecule has 4 aliphatic rings. The zero-order valence-electron chi connectivity index (χ0n) is 62.8. The van der Waals surface area contributed by atoms with Gasteiger partial charge in [0.05, 0.1) is 83.8 Å². The molecule has 0 bridgehead atoms. The van der Waals surface area contributed by atoms with E-state index in [1.54, 1.807) is 66.7 Å². The number of carbonyl (C=O) groups excluding carboxylic acids is 5. The molecule has 0 spiro atoms. The maximum atomic E-state index is 13.6. The van der Waals surface area contributed by atoms with Crippen molar-refractivity contribution in [3.05, 3.63) is 83.9 Å². The van der Waals surface area contributed by atoms with Crippen molar-refractivity contribution in [1.82, 2.24) is 21.3 Å². The van der Waals surface area contributed by atoms with E-state index >= 15 is 0 Å². The van der Waals surface area contributed by atoms with Crippen molar-refractivity contribution in [2.75, 3.05) is 92.4 Å². The van der Waals surface area contributed by atoms with Gasteiger partial charge >= 0.3 is 5.97 Å². The Hall–Kier alpha value is -6.59. The number of amides is 4. The maximum absolute atomic E-state index is 13.6. The number of hydrogen-bond acceptors (Lipinski definition) is 38. The first kappa shape index (κ1) is 94.6. The predicted molar refractivity (Wildman–Crippen MR) is 380 cm³/mol. The Morgan fingerprint density at radius 2 is 0.974 bits per heavy atom. The molecule has 22 N–H and O–H groups in total. The van der Waals surface area contributed by atoms with Crippen LogP contribution in [0.15, 0.2) is 72.8 Å². The van der Waals surface area contributed by atoms with Crippen molar-refractivity contribution in [2.24, 2.45) is 0 Å². The highest BCUT2D eigenvalue weighted by atomic mass is 16.8. The van der Waals surface area contributed by atoms with Crippen LogP contribution in [0.5, 0.6) is 11.5 Å². The van der Waals surface area contributed by atoms with Gasteiger partial charge in [-0.2, -0.15) is 0 Å². The first-order chi connectivity index (χ1) is 54.5. The van der Waals surface area contributed by atoms with Gasteiger partial charge in [0, 0.05) is 26.9 Å². The van der Waals surface area contributed by atoms with Crippen LogP contribution in [0.2, 0.25) is 0 Å². The Kier molecular flexibility index (Phi) is 39.1. The molecule has 4 heterocycles. The molecule has 0 saturated carbocycles. The zero-order valence-corrected chi connectivity index (χ0v) is 62.8. The highest BCUT2D eigenvalue weighted by Crippen LogP contribution is 2.35. The number of esters is 1. The van der Waals surface area contributed by atoms with Gasteiger partial charge in [-0.15, -0.1) is 0 Å². The molecule has 0 radical (unpaired) electrons. The molecule has 42 nitrogen and oxygen atoms in total. The third-order valence-corrected chi connectivity index (χ3v) is 18.4. The molecule has 42 heteroatoms. The van der Waals surface area contributed by atoms with Gasteiger partial charge in [0.1, 0.15) is 140 Å². The predicted octanol–water partition coefficient (Wildman–Crippen LogP) is -9.03. The van der Waals surface area contributed by atoms with Crippen LogP contribution in [-0.4, -0.2) is 386 Å². The minimum absolute atomic E-state index is 0.0103. The second-order valence-electron chi connectivity index (χ2n) is 27.2. The lowest BCUT2D eigenvalue weighted by molar-refractivity contribution is -0.376. The Morgan fingerprint density at radius 1 is 0.482 bits per heavy atom. The first-order valence-corrected chi connectivity index (χ1v) is 36.8. The molecule has 7 rings (SSSR count). The van der Waals surface area contributed by atoms with Crippen LogP contribution in [0.1, 0.15) is 56.5 Å². The average molecular weight is 1640 g/mol. The van der Waals surface area contributed by atoms with Crippen molar-refractivity contribution in [1.29, 1.82) is 0 Å². The monoisotopic (exact) mass is 1640 g/mol. The van der Waals surface area contributed by atoms with E-state index in [-0.39, 0.29) is 62.8 Å². The Morgan fingerprint density at radius 3 is 1.49 bits per heavy atom. The number of ether oxygens (including phenoxy) is 15. The number of benzene rings is 3. The number of carbonyl (C=O) groups is 5. The van der Waals surface area contributed by atoms with Gasteiger partial charge in [0.2, 0.25) is 11.8 Å². The van der Waals surface area contributed by atoms with E-state index in [0.29, 0.717) is 16.7 Å². The second kappa shape index (κ2) is 47.1. The average Bonchev–Trinajstić information content (AvgIpc) is 0.775. The first-order valence-electron chi connectivity index (χ1n) is 36.8. The van der Waals surface area contributed by atoms with Crippen LogP contribution in [0, 0.1) is 0 Å². The van der Waals surface area contributed by atoms with Crippen molar-refractivity contribution >= 4 is 29.6 Å². The maximum Gasteiger partial charge on any atom is 0.338 e. The Labute approximate surface area is 653 Å². The minimum Gasteiger partial charge on any atom is -0.484 e. The van der Waals surface area contributed by atoms with Gasteiger partial charge in [0.15, 0.2) is 51.0 Å². The van der Waals surface area contributed by atoms with E-state index in [1.807, 2.05) is 0 Å². The van der Waals surface area contributed by atoms with E-state index in [0.717, 1.165) is 13.8 Å². The van der Waals surface area contributed by atoms with E-state index in [9.17, 15) is 116 Å². The number of aliphatic hydroxyl groups excluding tert-OH is 18. The van der Waals surface area contributed by atoms with Crippen LogP contribution in [-0.2, 0) is 87.4 Å². The molecule has 3 aromatic carbocycles. The fraction of sp³-hybridized carbons (Fsp3) is 0.681. The Bertz CT molecular complexity index is 3360. The molecule has 28 atom stereocenters. The number of rotatable bonds is 46. The second-order valence-corrected chi connectivity index (χ2v) is 27.2. The molecule has 4 aliphatic heterocycles. The lowest BCUT2D eigenvalue weighted by Gasteiger charge is -2.48. The minimum atomic E-state index is -2.04. The van der Waals surface area contributed by atoms with Crippen molar-refractivity contribution in [3.8, 4) is 22.6 Å². The normalized spacial score (nSPS) is 29.9. The summed E-state index contributed by atoms with van der Waals surface area (Å²) in [6, 6.07) is 16.9. The molecule has 4 amide bonds. The standard InChI is InChI=1S/C72H108N4O38/c1-34(84)46(24-78)106-67(44(88)23-77)105-31-45(89)68(107-47(25-79)35(2)85)112-63-50(28-82)110-69(54(58(63)94)75-36(3)86)100-18-8-16-73-52(90)32-102-42-14-12-39(13-15-42)40-20-41(66(99)104-30-38-10-6-5-7-11-38)22-43(21-40)103-33-53(91)74-17-9-19-101-70-55(76-37(4)87)59(95)64(51(29-83)111-70)113-72-62(98)65(57(93)49(27-81)109-72)114-71-61(97)60(96)56(92)48(26-80)108-71/h5-7,10-15,20-22,34-35,44-51,54-65,67-72,77-85,88-89,92-98H,8-9,16-19,23-33H2,1-4H3,(H,73,90)(H,74,91)(H,75,86)(H,76,87)/t34-,35-,44+,45+,46?,47?,48?,49?,50?,51?,54?,55?,56?,57?,58?,59?,60?,61?,62?,63?,64?,65?,67?,68?,69?,70?,71?,72?/m1/s1. The molecular weight excluding hydrogens is 1530 g/mol. The van der Waals surface area contributed by atoms with Gasteiger partial charge in [-0.1, -0.05) is 42.5 Å². The molecule has 644 valence electrons. The van der Waals surface area contributed by atoms with Crippen LogP contribution in [0.4, 0.5) is 0 Å². The topological polar surface area (TPSA) is 636 Å². The zero-order chi connectivity index (χ0) is 83.5. The summed E-state index contributed by atoms with van der Waals surface area (Å²) in [7, 11) is 0. The van der Waals surface area contributed by atoms with Gasteiger partial charge in [-0.05, 0) is 73.7 Å². The smallest absolute Gasteiger partial charge is 0.338 e. The number of nitrogens with one attached hydrogen (secondary N) is 4. The summed E-state index contributed by atoms with van der Waals surface area (Å²) in [6.07, 6.45) is -43.6. The Balaban J connectivity index is 0.900. The molecule has 24 unspecified atom stereocenters. The molecule has 0 aliphatic carbocycles. The summed E-state index contributed by atoms with van der Waals surface area (Å²) < 4.78 is 86.0. The summed E-state index contributed by atoms with van der Waals surface area (Å²) in [5, 5.41) is 199. The molecule has 3 aromatic rings. The number of hydrogen-bond donors (Lipinski definition) is 22. The summed E-state index contributed by atoms with van der Waals surface area (Å²) >= 11 is 0. The SMILES string of the molecule is CC(=O)NC1C(OCCCNC(=O)COc2cc(C(=O)OCc3ccccc3)cc(-c3ccc(OCC(=O)NCCCOC4OC(CO)C(OC(OC(CO)[C@@H](C)O)[C@@H](O)COC(OC(CO)[C@@H](C)O)[C@@H](O)CO)C(O)C4NC(C)=O)cc3)c2)OC(CO)C(OC2OC(CO)C(O)C(OC3OC(CO)C(O)C(O)C3O)C2O)C1O. The van der Waals surface area contributed by atoms with Gasteiger partial charge in [-0.25, -0.2) is 4.79 Å². The lowest BCUT2D eigenvalue weighted by Crippen LogP contribution is -2.68. The van der Waals surface area contributed by atoms with Crippen LogP contribution in [0.25, 0.3) is 11.1 Å². The van der Waals surface area contributed by atoms with Crippen molar-refractivity contribution in [3.63, 3.8) is 0 Å². The number of aliphatic hydroxyl groups is 18. The van der Waals surface area contributed by atoms with E-state index in [2.05, 4.69) is 21.3 Å². The third kappa shape index (κ3) is 27.2. The van der Waals surface area contributed by atoms with Crippen LogP contribution in [0.3, 0.4) is 0 Å². The largest absolute Gasteiger partial charge is 0.484 e. The third-order valence-electron chi connectivity index (χ3n) is 18.4. The molecule has 4 saturated heterocycles. The van der Waals surface area contributed by atoms with E-state index in [4.69, 9.17) is 71.1 Å². The van der Waals surface area contributed by atoms with Crippen molar-refractivity contribution < 1.29 is 187 Å². The van der Waals surface area contributed by atoms with Gasteiger partial charge in [-0.3, -0.25) is 19.2 Å². The van der Waals surface area contributed by atoms with E-state index < -0.39 is 268 Å². The van der Waals surface area contributed by atoms with Crippen LogP contribution >= 0.6 is 0 Å². The summed E-state index contributed by atoms with van der Waals surface area (Å²) in [4.78, 5) is 64.8. The molecule has 114 heavy (non-hydrogen) atoms. The fourth-order valence-electron chi connectivity index (χ4n) is 12.2. The van der Waals surface area contributed by atoms with Crippen LogP contribution < -0.4 is 30.7 Å². The summed E-state index contributed by atoms with van der Waals surface area (Å²) in [5.41, 5.74) is 1.73. The van der Waals surface area contributed by atoms with E-state index in [1.165, 1.54) is 19.9 Å². The molecule has 0 aromatic heterocycles. The van der Waals surface area contributed by atoms with Gasteiger partial charge in [0.25, 0.3) is 11.8 Å². The quantitative estimate of drug-likeness (QED) is 0.0142. The molecule has 4 fully saturated rings. The highest BCUT2D eigenvalue weighted by Gasteiger charge is 2.55. The fourth-order valence-corrected chi connectivity index (χ4v) is 12.2. The lowest BCUT2D eigenvalue weighted by atomic mass is 9.95. The summed E-state index contributed by atoms with van der Waals surface area (Å²) in [5.74, 6) is -2.91. The summed E-state index contributed by atoms with van der Waals surface area (Å²) in [6.45, 7) is -3.51. The van der Waals surface area contributed by atoms with Gasteiger partial charge < -0.3 is 184 Å². The van der Waals surface area contributed by atoms with Crippen molar-refractivity contribution in [2.45, 2.75) is 219 Å².